The zero-order chi connectivity index (χ0) is 13.0. The van der Waals surface area contributed by atoms with Gasteiger partial charge in [-0.3, -0.25) is 0 Å². The minimum absolute atomic E-state index is 0.153. The van der Waals surface area contributed by atoms with Crippen LogP contribution in [0.25, 0.3) is 0 Å². The predicted octanol–water partition coefficient (Wildman–Crippen LogP) is 5.35. The van der Waals surface area contributed by atoms with E-state index in [0.717, 1.165) is 11.7 Å². The van der Waals surface area contributed by atoms with Crippen LogP contribution in [-0.2, 0) is 0 Å². The molecule has 0 bridgehead atoms. The molecule has 0 spiro atoms. The van der Waals surface area contributed by atoms with Crippen LogP contribution in [0.3, 0.4) is 0 Å². The molecular weight excluding hydrogens is 232 g/mol. The molecule has 1 aromatic carbocycles. The number of hydrogen-bond acceptors (Lipinski definition) is 1. The van der Waals surface area contributed by atoms with Crippen LogP contribution in [0.1, 0.15) is 64.2 Å². The Morgan fingerprint density at radius 2 is 1.42 bits per heavy atom. The molecule has 0 unspecified atom stereocenters. The minimum Gasteiger partial charge on any atom is -0.487 e. The zero-order valence-electron chi connectivity index (χ0n) is 11.9. The summed E-state index contributed by atoms with van der Waals surface area (Å²) in [7, 11) is 0. The van der Waals surface area contributed by atoms with Crippen molar-refractivity contribution in [2.75, 3.05) is 0 Å². The summed E-state index contributed by atoms with van der Waals surface area (Å²) in [5, 5.41) is 0. The van der Waals surface area contributed by atoms with E-state index in [2.05, 4.69) is 30.3 Å². The van der Waals surface area contributed by atoms with Gasteiger partial charge in [0.15, 0.2) is 0 Å². The minimum atomic E-state index is 0.153. The molecule has 0 atom stereocenters. The summed E-state index contributed by atoms with van der Waals surface area (Å²) in [5.41, 5.74) is 0.153. The Morgan fingerprint density at radius 3 is 2.11 bits per heavy atom. The standard InChI is InChI=1S/C18H26O/c1-4-10-16(11-5-1)18(14-8-3-9-15-18)19-17-12-6-2-7-13-17/h2,6-7,12-13,16H,1,3-5,8-11,14-15H2. The van der Waals surface area contributed by atoms with Gasteiger partial charge in [-0.25, -0.2) is 0 Å². The number of ether oxygens (including phenoxy) is 1. The molecule has 0 amide bonds. The van der Waals surface area contributed by atoms with Gasteiger partial charge < -0.3 is 4.74 Å². The van der Waals surface area contributed by atoms with Crippen LogP contribution >= 0.6 is 0 Å². The first-order valence-electron chi connectivity index (χ1n) is 8.13. The largest absolute Gasteiger partial charge is 0.487 e. The van der Waals surface area contributed by atoms with Gasteiger partial charge in [-0.2, -0.15) is 0 Å². The fourth-order valence-corrected chi connectivity index (χ4v) is 4.10. The van der Waals surface area contributed by atoms with Crippen LogP contribution in [0.2, 0.25) is 0 Å². The smallest absolute Gasteiger partial charge is 0.120 e. The highest BCUT2D eigenvalue weighted by Crippen LogP contribution is 2.44. The molecule has 19 heavy (non-hydrogen) atoms. The number of hydrogen-bond donors (Lipinski definition) is 0. The molecule has 0 N–H and O–H groups in total. The fraction of sp³-hybridized carbons (Fsp3) is 0.667. The van der Waals surface area contributed by atoms with Crippen LogP contribution in [0, 0.1) is 5.92 Å². The molecule has 0 aromatic heterocycles. The topological polar surface area (TPSA) is 9.23 Å². The summed E-state index contributed by atoms with van der Waals surface area (Å²) in [5.74, 6) is 1.87. The van der Waals surface area contributed by atoms with E-state index in [4.69, 9.17) is 4.74 Å². The van der Waals surface area contributed by atoms with Gasteiger partial charge >= 0.3 is 0 Å². The van der Waals surface area contributed by atoms with Crippen molar-refractivity contribution in [3.63, 3.8) is 0 Å². The quantitative estimate of drug-likeness (QED) is 0.710. The molecule has 2 aliphatic rings. The second kappa shape index (κ2) is 5.98. The molecule has 3 rings (SSSR count). The van der Waals surface area contributed by atoms with Crippen molar-refractivity contribution in [3.8, 4) is 5.75 Å². The average molecular weight is 258 g/mol. The van der Waals surface area contributed by atoms with Gasteiger partial charge in [0.1, 0.15) is 11.4 Å². The average Bonchev–Trinajstić information content (AvgIpc) is 2.50. The molecule has 0 radical (unpaired) electrons. The Hall–Kier alpha value is -0.980. The van der Waals surface area contributed by atoms with Crippen molar-refractivity contribution in [3.05, 3.63) is 30.3 Å². The second-order valence-corrected chi connectivity index (χ2v) is 6.38. The molecule has 1 heteroatoms. The third kappa shape index (κ3) is 2.96. The Bertz CT molecular complexity index is 372. The van der Waals surface area contributed by atoms with Gasteiger partial charge in [-0.1, -0.05) is 43.9 Å². The first kappa shape index (κ1) is 13.0. The van der Waals surface area contributed by atoms with Crippen molar-refractivity contribution in [2.24, 2.45) is 5.92 Å². The van der Waals surface area contributed by atoms with Gasteiger partial charge in [0.05, 0.1) is 0 Å². The number of rotatable bonds is 3. The van der Waals surface area contributed by atoms with Crippen molar-refractivity contribution in [1.82, 2.24) is 0 Å². The van der Waals surface area contributed by atoms with Gasteiger partial charge in [-0.05, 0) is 56.6 Å². The van der Waals surface area contributed by atoms with Crippen molar-refractivity contribution in [2.45, 2.75) is 69.8 Å². The molecule has 2 fully saturated rings. The third-order valence-corrected chi connectivity index (χ3v) is 5.11. The fourth-order valence-electron chi connectivity index (χ4n) is 4.10. The van der Waals surface area contributed by atoms with E-state index in [1.165, 1.54) is 64.2 Å². The lowest BCUT2D eigenvalue weighted by Crippen LogP contribution is -2.46. The monoisotopic (exact) mass is 258 g/mol. The SMILES string of the molecule is c1ccc(OC2(C3CCCCC3)CCCCC2)cc1. The van der Waals surface area contributed by atoms with E-state index < -0.39 is 0 Å². The maximum atomic E-state index is 6.58. The second-order valence-electron chi connectivity index (χ2n) is 6.38. The molecule has 0 aliphatic heterocycles. The molecule has 1 nitrogen and oxygen atoms in total. The van der Waals surface area contributed by atoms with Crippen LogP contribution in [-0.4, -0.2) is 5.60 Å². The van der Waals surface area contributed by atoms with Crippen LogP contribution in [0.15, 0.2) is 30.3 Å². The summed E-state index contributed by atoms with van der Waals surface area (Å²) < 4.78 is 6.58. The highest BCUT2D eigenvalue weighted by atomic mass is 16.5. The van der Waals surface area contributed by atoms with Gasteiger partial charge in [0.2, 0.25) is 0 Å². The van der Waals surface area contributed by atoms with Crippen LogP contribution in [0.4, 0.5) is 0 Å². The van der Waals surface area contributed by atoms with Crippen LogP contribution < -0.4 is 4.74 Å². The van der Waals surface area contributed by atoms with Gasteiger partial charge in [0.25, 0.3) is 0 Å². The van der Waals surface area contributed by atoms with E-state index >= 15 is 0 Å². The van der Waals surface area contributed by atoms with E-state index in [-0.39, 0.29) is 5.60 Å². The maximum Gasteiger partial charge on any atom is 0.120 e. The lowest BCUT2D eigenvalue weighted by atomic mass is 9.69. The zero-order valence-corrected chi connectivity index (χ0v) is 11.9. The number of benzene rings is 1. The van der Waals surface area contributed by atoms with Gasteiger partial charge in [0, 0.05) is 0 Å². The lowest BCUT2D eigenvalue weighted by Gasteiger charge is -2.45. The first-order valence-corrected chi connectivity index (χ1v) is 8.13. The Morgan fingerprint density at radius 1 is 0.789 bits per heavy atom. The Labute approximate surface area is 117 Å². The van der Waals surface area contributed by atoms with E-state index in [1.807, 2.05) is 0 Å². The Balaban J connectivity index is 1.79. The lowest BCUT2D eigenvalue weighted by molar-refractivity contribution is -0.0381. The Kier molecular flexibility index (Phi) is 4.10. The molecule has 2 saturated carbocycles. The summed E-state index contributed by atoms with van der Waals surface area (Å²) in [6.07, 6.45) is 13.6. The van der Waals surface area contributed by atoms with Crippen LogP contribution in [0.5, 0.6) is 5.75 Å². The first-order chi connectivity index (χ1) is 9.39. The van der Waals surface area contributed by atoms with E-state index in [0.29, 0.717) is 0 Å². The van der Waals surface area contributed by atoms with Crippen molar-refractivity contribution >= 4 is 0 Å². The maximum absolute atomic E-state index is 6.58. The number of para-hydroxylation sites is 1. The highest BCUT2D eigenvalue weighted by molar-refractivity contribution is 5.22. The highest BCUT2D eigenvalue weighted by Gasteiger charge is 2.42. The molecule has 0 saturated heterocycles. The van der Waals surface area contributed by atoms with Crippen molar-refractivity contribution < 1.29 is 4.74 Å². The predicted molar refractivity (Wildman–Crippen MR) is 79.5 cm³/mol. The summed E-state index contributed by atoms with van der Waals surface area (Å²) in [6, 6.07) is 10.5. The summed E-state index contributed by atoms with van der Waals surface area (Å²) >= 11 is 0. The van der Waals surface area contributed by atoms with Gasteiger partial charge in [-0.15, -0.1) is 0 Å². The summed E-state index contributed by atoms with van der Waals surface area (Å²) in [6.45, 7) is 0. The normalized spacial score (nSPS) is 24.0. The molecular formula is C18H26O. The summed E-state index contributed by atoms with van der Waals surface area (Å²) in [4.78, 5) is 0. The molecule has 104 valence electrons. The molecule has 1 aromatic rings. The van der Waals surface area contributed by atoms with Crippen molar-refractivity contribution in [1.29, 1.82) is 0 Å². The van der Waals surface area contributed by atoms with E-state index in [9.17, 15) is 0 Å². The molecule has 2 aliphatic carbocycles. The molecule has 0 heterocycles. The van der Waals surface area contributed by atoms with E-state index in [1.54, 1.807) is 0 Å². The third-order valence-electron chi connectivity index (χ3n) is 5.11.